The SMILES string of the molecule is COC(=O)CCCN(C)C(=O)CCNC(=O)c1ccc(Br)cc1. The maximum Gasteiger partial charge on any atom is 0.305 e. The number of esters is 1. The molecule has 0 atom stereocenters. The number of nitrogens with zero attached hydrogens (tertiary/aromatic N) is 1. The minimum atomic E-state index is -0.285. The van der Waals surface area contributed by atoms with Crippen molar-refractivity contribution in [3.8, 4) is 0 Å². The van der Waals surface area contributed by atoms with Gasteiger partial charge in [0.1, 0.15) is 0 Å². The number of methoxy groups -OCH3 is 1. The van der Waals surface area contributed by atoms with Crippen LogP contribution in [0.25, 0.3) is 0 Å². The van der Waals surface area contributed by atoms with Gasteiger partial charge in [-0.25, -0.2) is 0 Å². The molecule has 0 aliphatic heterocycles. The van der Waals surface area contributed by atoms with Gasteiger partial charge >= 0.3 is 5.97 Å². The van der Waals surface area contributed by atoms with Gasteiger partial charge < -0.3 is 15.0 Å². The lowest BCUT2D eigenvalue weighted by molar-refractivity contribution is -0.141. The van der Waals surface area contributed by atoms with E-state index in [0.717, 1.165) is 4.47 Å². The van der Waals surface area contributed by atoms with E-state index in [9.17, 15) is 14.4 Å². The molecule has 0 saturated carbocycles. The number of hydrogen-bond donors (Lipinski definition) is 1. The minimum Gasteiger partial charge on any atom is -0.469 e. The standard InChI is InChI=1S/C16H21BrN2O4/c1-19(11-3-4-15(21)23-2)14(20)9-10-18-16(22)12-5-7-13(17)8-6-12/h5-8H,3-4,9-11H2,1-2H3,(H,18,22). The van der Waals surface area contributed by atoms with Crippen LogP contribution < -0.4 is 5.32 Å². The van der Waals surface area contributed by atoms with Gasteiger partial charge in [0.25, 0.3) is 5.91 Å². The number of ether oxygens (including phenoxy) is 1. The van der Waals surface area contributed by atoms with Crippen LogP contribution in [0.2, 0.25) is 0 Å². The Morgan fingerprint density at radius 2 is 1.83 bits per heavy atom. The van der Waals surface area contributed by atoms with Crippen LogP contribution in [0, 0.1) is 0 Å². The number of carbonyl (C=O) groups excluding carboxylic acids is 3. The first-order chi connectivity index (χ1) is 10.9. The molecule has 0 heterocycles. The first-order valence-electron chi connectivity index (χ1n) is 7.28. The van der Waals surface area contributed by atoms with E-state index in [1.165, 1.54) is 7.11 Å². The Morgan fingerprint density at radius 3 is 2.43 bits per heavy atom. The summed E-state index contributed by atoms with van der Waals surface area (Å²) in [6.45, 7) is 0.754. The van der Waals surface area contributed by atoms with Crippen LogP contribution in [0.1, 0.15) is 29.6 Å². The first kappa shape index (κ1) is 19.2. The predicted molar refractivity (Wildman–Crippen MR) is 90.0 cm³/mol. The van der Waals surface area contributed by atoms with Gasteiger partial charge in [-0.15, -0.1) is 0 Å². The fourth-order valence-electron chi connectivity index (χ4n) is 1.86. The molecule has 0 aliphatic carbocycles. The van der Waals surface area contributed by atoms with Crippen LogP contribution in [-0.2, 0) is 14.3 Å². The number of nitrogens with one attached hydrogen (secondary N) is 1. The van der Waals surface area contributed by atoms with Crippen molar-refractivity contribution in [1.29, 1.82) is 0 Å². The minimum absolute atomic E-state index is 0.0778. The highest BCUT2D eigenvalue weighted by Gasteiger charge is 2.11. The molecule has 0 radical (unpaired) electrons. The van der Waals surface area contributed by atoms with Gasteiger partial charge in [-0.1, -0.05) is 15.9 Å². The summed E-state index contributed by atoms with van der Waals surface area (Å²) in [6.07, 6.45) is 1.06. The molecule has 1 rings (SSSR count). The maximum atomic E-state index is 11.9. The zero-order chi connectivity index (χ0) is 17.2. The summed E-state index contributed by atoms with van der Waals surface area (Å²) in [5, 5.41) is 2.71. The van der Waals surface area contributed by atoms with Gasteiger partial charge in [-0.2, -0.15) is 0 Å². The van der Waals surface area contributed by atoms with Crippen molar-refractivity contribution in [2.75, 3.05) is 27.2 Å². The highest BCUT2D eigenvalue weighted by Crippen LogP contribution is 2.10. The summed E-state index contributed by atoms with van der Waals surface area (Å²) in [6, 6.07) is 6.99. The quantitative estimate of drug-likeness (QED) is 0.695. The van der Waals surface area contributed by atoms with E-state index in [-0.39, 0.29) is 37.2 Å². The normalized spacial score (nSPS) is 10.0. The van der Waals surface area contributed by atoms with Crippen LogP contribution in [0.3, 0.4) is 0 Å². The topological polar surface area (TPSA) is 75.7 Å². The molecule has 0 aromatic heterocycles. The molecular formula is C16H21BrN2O4. The molecule has 1 aromatic rings. The van der Waals surface area contributed by atoms with Crippen LogP contribution >= 0.6 is 15.9 Å². The molecule has 0 spiro atoms. The molecule has 0 fully saturated rings. The van der Waals surface area contributed by atoms with E-state index in [1.807, 2.05) is 0 Å². The largest absolute Gasteiger partial charge is 0.469 e. The molecule has 6 nitrogen and oxygen atoms in total. The second-order valence-electron chi connectivity index (χ2n) is 5.01. The lowest BCUT2D eigenvalue weighted by atomic mass is 10.2. The monoisotopic (exact) mass is 384 g/mol. The number of carbonyl (C=O) groups is 3. The van der Waals surface area contributed by atoms with Crippen molar-refractivity contribution in [1.82, 2.24) is 10.2 Å². The molecule has 0 bridgehead atoms. The summed E-state index contributed by atoms with van der Waals surface area (Å²) in [4.78, 5) is 36.3. The van der Waals surface area contributed by atoms with Gasteiger partial charge in [-0.3, -0.25) is 14.4 Å². The average molecular weight is 385 g/mol. The van der Waals surface area contributed by atoms with E-state index < -0.39 is 0 Å². The van der Waals surface area contributed by atoms with Gasteiger partial charge in [0.05, 0.1) is 7.11 Å². The number of amides is 2. The summed E-state index contributed by atoms with van der Waals surface area (Å²) >= 11 is 3.31. The molecule has 0 aliphatic rings. The highest BCUT2D eigenvalue weighted by molar-refractivity contribution is 9.10. The van der Waals surface area contributed by atoms with Crippen LogP contribution in [0.5, 0.6) is 0 Å². The fraction of sp³-hybridized carbons (Fsp3) is 0.438. The molecule has 0 unspecified atom stereocenters. The third-order valence-corrected chi connectivity index (χ3v) is 3.79. The third-order valence-electron chi connectivity index (χ3n) is 3.26. The summed E-state index contributed by atoms with van der Waals surface area (Å²) in [5.74, 6) is -0.572. The predicted octanol–water partition coefficient (Wildman–Crippen LogP) is 1.98. The third kappa shape index (κ3) is 7.27. The Balaban J connectivity index is 2.26. The Hall–Kier alpha value is -1.89. The molecule has 2 amide bonds. The Morgan fingerprint density at radius 1 is 1.17 bits per heavy atom. The van der Waals surface area contributed by atoms with Crippen molar-refractivity contribution < 1.29 is 19.1 Å². The Kier molecular flexibility index (Phi) is 8.32. The first-order valence-corrected chi connectivity index (χ1v) is 8.08. The van der Waals surface area contributed by atoms with Crippen molar-refractivity contribution >= 4 is 33.7 Å². The van der Waals surface area contributed by atoms with E-state index >= 15 is 0 Å². The number of rotatable bonds is 8. The van der Waals surface area contributed by atoms with Gasteiger partial charge in [0.15, 0.2) is 0 Å². The summed E-state index contributed by atoms with van der Waals surface area (Å²) in [7, 11) is 3.02. The fourth-order valence-corrected chi connectivity index (χ4v) is 2.13. The van der Waals surface area contributed by atoms with Gasteiger partial charge in [-0.05, 0) is 30.7 Å². The highest BCUT2D eigenvalue weighted by atomic mass is 79.9. The molecule has 1 N–H and O–H groups in total. The molecule has 7 heteroatoms. The molecular weight excluding hydrogens is 364 g/mol. The zero-order valence-electron chi connectivity index (χ0n) is 13.3. The number of hydrogen-bond acceptors (Lipinski definition) is 4. The maximum absolute atomic E-state index is 11.9. The summed E-state index contributed by atoms with van der Waals surface area (Å²) in [5.41, 5.74) is 0.548. The van der Waals surface area contributed by atoms with Crippen molar-refractivity contribution in [3.05, 3.63) is 34.3 Å². The second-order valence-corrected chi connectivity index (χ2v) is 5.92. The van der Waals surface area contributed by atoms with Crippen molar-refractivity contribution in [2.24, 2.45) is 0 Å². The van der Waals surface area contributed by atoms with Crippen molar-refractivity contribution in [3.63, 3.8) is 0 Å². The van der Waals surface area contributed by atoms with Gasteiger partial charge in [0, 0.05) is 43.0 Å². The van der Waals surface area contributed by atoms with E-state index in [1.54, 1.807) is 36.2 Å². The Labute approximate surface area is 144 Å². The van der Waals surface area contributed by atoms with E-state index in [0.29, 0.717) is 18.5 Å². The average Bonchev–Trinajstić information content (AvgIpc) is 2.54. The molecule has 1 aromatic carbocycles. The second kappa shape index (κ2) is 9.99. The molecule has 23 heavy (non-hydrogen) atoms. The van der Waals surface area contributed by atoms with Crippen LogP contribution in [0.4, 0.5) is 0 Å². The molecule has 126 valence electrons. The van der Waals surface area contributed by atoms with E-state index in [2.05, 4.69) is 26.0 Å². The van der Waals surface area contributed by atoms with E-state index in [4.69, 9.17) is 0 Å². The Bertz CT molecular complexity index is 546. The van der Waals surface area contributed by atoms with Crippen LogP contribution in [0.15, 0.2) is 28.7 Å². The van der Waals surface area contributed by atoms with Crippen LogP contribution in [-0.4, -0.2) is 49.9 Å². The number of benzene rings is 1. The van der Waals surface area contributed by atoms with Crippen molar-refractivity contribution in [2.45, 2.75) is 19.3 Å². The summed E-state index contributed by atoms with van der Waals surface area (Å²) < 4.78 is 5.44. The molecule has 0 saturated heterocycles. The zero-order valence-corrected chi connectivity index (χ0v) is 14.9. The number of halogens is 1. The smallest absolute Gasteiger partial charge is 0.305 e. The lowest BCUT2D eigenvalue weighted by Gasteiger charge is -2.17. The van der Waals surface area contributed by atoms with Gasteiger partial charge in [0.2, 0.25) is 5.91 Å². The lowest BCUT2D eigenvalue weighted by Crippen LogP contribution is -2.32.